The summed E-state index contributed by atoms with van der Waals surface area (Å²) in [5.41, 5.74) is 1.87. The zero-order chi connectivity index (χ0) is 17.7. The Morgan fingerprint density at radius 3 is 2.50 bits per heavy atom. The molecule has 2 aromatic rings. The fourth-order valence-corrected chi connectivity index (χ4v) is 2.49. The van der Waals surface area contributed by atoms with Gasteiger partial charge in [-0.2, -0.15) is 0 Å². The van der Waals surface area contributed by atoms with Crippen molar-refractivity contribution < 1.29 is 19.4 Å². The van der Waals surface area contributed by atoms with Gasteiger partial charge in [-0.05, 0) is 44.0 Å². The van der Waals surface area contributed by atoms with Gasteiger partial charge in [0.1, 0.15) is 5.75 Å². The lowest BCUT2D eigenvalue weighted by Crippen LogP contribution is -2.35. The van der Waals surface area contributed by atoms with E-state index in [-0.39, 0.29) is 5.91 Å². The maximum absolute atomic E-state index is 12.7. The third-order valence-corrected chi connectivity index (χ3v) is 3.84. The van der Waals surface area contributed by atoms with Crippen LogP contribution in [-0.2, 0) is 15.0 Å². The molecule has 0 aromatic heterocycles. The predicted molar refractivity (Wildman–Crippen MR) is 92.4 cm³/mol. The van der Waals surface area contributed by atoms with E-state index in [0.29, 0.717) is 11.4 Å². The fourth-order valence-electron chi connectivity index (χ4n) is 2.49. The van der Waals surface area contributed by atoms with Crippen LogP contribution >= 0.6 is 0 Å². The maximum Gasteiger partial charge on any atom is 0.341 e. The van der Waals surface area contributed by atoms with E-state index in [1.54, 1.807) is 24.3 Å². The molecular formula is C19H21NO4. The first kappa shape index (κ1) is 17.5. The number of nitrogens with one attached hydrogen (secondary N) is 1. The van der Waals surface area contributed by atoms with E-state index in [1.807, 2.05) is 45.0 Å². The molecular weight excluding hydrogens is 306 g/mol. The molecule has 2 rings (SSSR count). The number of anilines is 1. The summed E-state index contributed by atoms with van der Waals surface area (Å²) in [6.45, 7) is 5.29. The van der Waals surface area contributed by atoms with E-state index in [1.165, 1.54) is 0 Å². The Labute approximate surface area is 141 Å². The zero-order valence-corrected chi connectivity index (χ0v) is 14.0. The minimum atomic E-state index is -1.05. The standard InChI is InChI=1S/C19H21NO4/c1-13-7-4-5-10-16(13)19(2,3)18(23)20-14-8-6-9-15(11-14)24-12-17(21)22/h4-11H,12H2,1-3H3,(H,20,23)(H,21,22). The van der Waals surface area contributed by atoms with E-state index in [0.717, 1.165) is 11.1 Å². The molecule has 0 saturated heterocycles. The maximum atomic E-state index is 12.7. The van der Waals surface area contributed by atoms with Crippen molar-refractivity contribution in [3.05, 3.63) is 59.7 Å². The van der Waals surface area contributed by atoms with E-state index in [9.17, 15) is 9.59 Å². The van der Waals surface area contributed by atoms with Crippen LogP contribution in [0.4, 0.5) is 5.69 Å². The van der Waals surface area contributed by atoms with Gasteiger partial charge < -0.3 is 15.2 Å². The van der Waals surface area contributed by atoms with Gasteiger partial charge in [-0.25, -0.2) is 4.79 Å². The van der Waals surface area contributed by atoms with Gasteiger partial charge in [-0.1, -0.05) is 30.3 Å². The number of carbonyl (C=O) groups excluding carboxylic acids is 1. The lowest BCUT2D eigenvalue weighted by Gasteiger charge is -2.26. The second kappa shape index (κ2) is 7.17. The zero-order valence-electron chi connectivity index (χ0n) is 14.0. The molecule has 0 aliphatic rings. The van der Waals surface area contributed by atoms with Crippen LogP contribution in [0.15, 0.2) is 48.5 Å². The van der Waals surface area contributed by atoms with Crippen molar-refractivity contribution in [2.45, 2.75) is 26.2 Å². The van der Waals surface area contributed by atoms with E-state index in [4.69, 9.17) is 9.84 Å². The second-order valence-corrected chi connectivity index (χ2v) is 6.10. The Morgan fingerprint density at radius 1 is 1.12 bits per heavy atom. The molecule has 126 valence electrons. The molecule has 0 spiro atoms. The number of aliphatic carboxylic acids is 1. The average molecular weight is 327 g/mol. The quantitative estimate of drug-likeness (QED) is 0.853. The molecule has 0 saturated carbocycles. The number of ether oxygens (including phenoxy) is 1. The van der Waals surface area contributed by atoms with Crippen molar-refractivity contribution >= 4 is 17.6 Å². The van der Waals surface area contributed by atoms with Crippen LogP contribution in [0.5, 0.6) is 5.75 Å². The molecule has 24 heavy (non-hydrogen) atoms. The van der Waals surface area contributed by atoms with Crippen molar-refractivity contribution in [2.75, 3.05) is 11.9 Å². The van der Waals surface area contributed by atoms with Gasteiger partial charge in [0.15, 0.2) is 6.61 Å². The molecule has 2 N–H and O–H groups in total. The Balaban J connectivity index is 2.15. The van der Waals surface area contributed by atoms with Crippen LogP contribution < -0.4 is 10.1 Å². The smallest absolute Gasteiger partial charge is 0.341 e. The third kappa shape index (κ3) is 4.13. The summed E-state index contributed by atoms with van der Waals surface area (Å²) < 4.78 is 5.13. The summed E-state index contributed by atoms with van der Waals surface area (Å²) in [7, 11) is 0. The van der Waals surface area contributed by atoms with Gasteiger partial charge in [-0.3, -0.25) is 4.79 Å². The summed E-state index contributed by atoms with van der Waals surface area (Å²) in [4.78, 5) is 23.3. The van der Waals surface area contributed by atoms with Crippen LogP contribution in [0, 0.1) is 6.92 Å². The number of rotatable bonds is 6. The number of carbonyl (C=O) groups is 2. The van der Waals surface area contributed by atoms with Crippen molar-refractivity contribution in [2.24, 2.45) is 0 Å². The molecule has 0 fully saturated rings. The molecule has 0 heterocycles. The van der Waals surface area contributed by atoms with E-state index >= 15 is 0 Å². The van der Waals surface area contributed by atoms with Crippen LogP contribution in [0.2, 0.25) is 0 Å². The van der Waals surface area contributed by atoms with Gasteiger partial charge in [-0.15, -0.1) is 0 Å². The number of hydrogen-bond donors (Lipinski definition) is 2. The minimum Gasteiger partial charge on any atom is -0.482 e. The van der Waals surface area contributed by atoms with Gasteiger partial charge in [0.25, 0.3) is 0 Å². The molecule has 5 nitrogen and oxygen atoms in total. The molecule has 0 radical (unpaired) electrons. The lowest BCUT2D eigenvalue weighted by molar-refractivity contribution is -0.139. The first-order chi connectivity index (χ1) is 11.3. The van der Waals surface area contributed by atoms with Gasteiger partial charge in [0.05, 0.1) is 5.41 Å². The Hall–Kier alpha value is -2.82. The van der Waals surface area contributed by atoms with Crippen LogP contribution in [0.25, 0.3) is 0 Å². The van der Waals surface area contributed by atoms with E-state index in [2.05, 4.69) is 5.32 Å². The fraction of sp³-hybridized carbons (Fsp3) is 0.263. The number of carboxylic acid groups (broad SMARTS) is 1. The molecule has 0 aliphatic heterocycles. The summed E-state index contributed by atoms with van der Waals surface area (Å²) in [6.07, 6.45) is 0. The molecule has 1 amide bonds. The number of benzene rings is 2. The van der Waals surface area contributed by atoms with Gasteiger partial charge in [0.2, 0.25) is 5.91 Å². The number of aryl methyl sites for hydroxylation is 1. The lowest BCUT2D eigenvalue weighted by atomic mass is 9.81. The number of hydrogen-bond acceptors (Lipinski definition) is 3. The van der Waals surface area contributed by atoms with Gasteiger partial charge >= 0.3 is 5.97 Å². The molecule has 0 atom stereocenters. The summed E-state index contributed by atoms with van der Waals surface area (Å²) >= 11 is 0. The highest BCUT2D eigenvalue weighted by molar-refractivity contribution is 5.98. The molecule has 0 bridgehead atoms. The Kier molecular flexibility index (Phi) is 5.24. The molecule has 5 heteroatoms. The molecule has 2 aromatic carbocycles. The van der Waals surface area contributed by atoms with Crippen LogP contribution in [-0.4, -0.2) is 23.6 Å². The van der Waals surface area contributed by atoms with Crippen molar-refractivity contribution in [3.8, 4) is 5.75 Å². The van der Waals surface area contributed by atoms with Crippen molar-refractivity contribution in [3.63, 3.8) is 0 Å². The summed E-state index contributed by atoms with van der Waals surface area (Å²) in [5, 5.41) is 11.5. The normalized spacial score (nSPS) is 11.0. The Bertz CT molecular complexity index is 753. The summed E-state index contributed by atoms with van der Waals surface area (Å²) in [6, 6.07) is 14.5. The highest BCUT2D eigenvalue weighted by Gasteiger charge is 2.31. The monoisotopic (exact) mass is 327 g/mol. The molecule has 0 aliphatic carbocycles. The first-order valence-corrected chi connectivity index (χ1v) is 7.63. The average Bonchev–Trinajstić information content (AvgIpc) is 2.53. The van der Waals surface area contributed by atoms with Crippen LogP contribution in [0.1, 0.15) is 25.0 Å². The summed E-state index contributed by atoms with van der Waals surface area (Å²) in [5.74, 6) is -0.804. The van der Waals surface area contributed by atoms with Crippen molar-refractivity contribution in [1.82, 2.24) is 0 Å². The highest BCUT2D eigenvalue weighted by atomic mass is 16.5. The SMILES string of the molecule is Cc1ccccc1C(C)(C)C(=O)Nc1cccc(OCC(=O)O)c1. The molecule has 0 unspecified atom stereocenters. The predicted octanol–water partition coefficient (Wildman–Crippen LogP) is 3.37. The number of amides is 1. The highest BCUT2D eigenvalue weighted by Crippen LogP contribution is 2.28. The first-order valence-electron chi connectivity index (χ1n) is 7.63. The third-order valence-electron chi connectivity index (χ3n) is 3.84. The second-order valence-electron chi connectivity index (χ2n) is 6.10. The van der Waals surface area contributed by atoms with Crippen LogP contribution in [0.3, 0.4) is 0 Å². The van der Waals surface area contributed by atoms with Crippen molar-refractivity contribution in [1.29, 1.82) is 0 Å². The minimum absolute atomic E-state index is 0.146. The largest absolute Gasteiger partial charge is 0.482 e. The Morgan fingerprint density at radius 2 is 1.83 bits per heavy atom. The number of carboxylic acids is 1. The topological polar surface area (TPSA) is 75.6 Å². The van der Waals surface area contributed by atoms with E-state index < -0.39 is 18.0 Å². The van der Waals surface area contributed by atoms with Gasteiger partial charge in [0, 0.05) is 11.8 Å².